The van der Waals surface area contributed by atoms with Crippen LogP contribution >= 0.6 is 0 Å². The lowest BCUT2D eigenvalue weighted by atomic mass is 9.92. The minimum Gasteiger partial charge on any atom is -0.394 e. The van der Waals surface area contributed by atoms with Crippen LogP contribution in [-0.2, 0) is 4.74 Å². The van der Waals surface area contributed by atoms with Crippen molar-refractivity contribution >= 4 is 0 Å². The van der Waals surface area contributed by atoms with Crippen molar-refractivity contribution in [2.45, 2.75) is 30.9 Å². The minimum absolute atomic E-state index is 0.277. The summed E-state index contributed by atoms with van der Waals surface area (Å²) in [5.41, 5.74) is 3.21. The lowest BCUT2D eigenvalue weighted by Gasteiger charge is -2.28. The van der Waals surface area contributed by atoms with Gasteiger partial charge in [0.2, 0.25) is 0 Å². The van der Waals surface area contributed by atoms with E-state index >= 15 is 0 Å². The van der Waals surface area contributed by atoms with Crippen LogP contribution in [-0.4, -0.2) is 44.1 Å². The topological polar surface area (TPSA) is 131 Å². The zero-order chi connectivity index (χ0) is 15.1. The first-order chi connectivity index (χ1) is 9.35. The molecule has 0 spiro atoms. The second-order valence-corrected chi connectivity index (χ2v) is 4.68. The number of ether oxygens (including phenoxy) is 1. The molecule has 5 N–H and O–H groups in total. The number of nitrogens with zero attached hydrogens (tertiary/aromatic N) is 1. The smallest absolute Gasteiger partial charge is 0.330 e. The molecule has 0 amide bonds. The summed E-state index contributed by atoms with van der Waals surface area (Å²) in [5, 5.41) is 19.2. The highest BCUT2D eigenvalue weighted by atomic mass is 16.5. The number of aryl methyl sites for hydroxylation is 1. The zero-order valence-electron chi connectivity index (χ0n) is 10.7. The van der Waals surface area contributed by atoms with Gasteiger partial charge in [0.1, 0.15) is 12.2 Å². The fourth-order valence-electron chi connectivity index (χ4n) is 2.29. The average Bonchev–Trinajstić information content (AvgIpc) is 2.63. The number of aliphatic hydroxyl groups is 2. The molecule has 0 aliphatic carbocycles. The lowest BCUT2D eigenvalue weighted by Crippen LogP contribution is -2.55. The van der Waals surface area contributed by atoms with Gasteiger partial charge in [0.25, 0.3) is 5.56 Å². The molecule has 8 nitrogen and oxygen atoms in total. The summed E-state index contributed by atoms with van der Waals surface area (Å²) in [4.78, 5) is 25.2. The van der Waals surface area contributed by atoms with E-state index in [1.54, 1.807) is 0 Å². The molecular formula is C12H15N3O5. The molecule has 0 aromatic carbocycles. The van der Waals surface area contributed by atoms with E-state index in [1.807, 2.05) is 0 Å². The maximum absolute atomic E-state index is 11.9. The Labute approximate surface area is 113 Å². The number of terminal acetylenes is 1. The van der Waals surface area contributed by atoms with Gasteiger partial charge in [-0.2, -0.15) is 0 Å². The number of hydrogen-bond donors (Lipinski definition) is 4. The molecule has 2 rings (SSSR count). The van der Waals surface area contributed by atoms with Gasteiger partial charge in [0.05, 0.1) is 6.61 Å². The number of nitrogens with two attached hydrogens (primary N) is 1. The lowest BCUT2D eigenvalue weighted by molar-refractivity contribution is -0.0484. The summed E-state index contributed by atoms with van der Waals surface area (Å²) < 4.78 is 6.45. The van der Waals surface area contributed by atoms with E-state index in [2.05, 4.69) is 10.9 Å². The molecular weight excluding hydrogens is 266 g/mol. The Morgan fingerprint density at radius 3 is 2.80 bits per heavy atom. The highest BCUT2D eigenvalue weighted by Gasteiger charge is 2.54. The Hall–Kier alpha value is -1.92. The summed E-state index contributed by atoms with van der Waals surface area (Å²) in [5.74, 6) is 2.21. The molecule has 2 heterocycles. The Balaban J connectivity index is 2.61. The van der Waals surface area contributed by atoms with Gasteiger partial charge in [0.15, 0.2) is 11.8 Å². The molecule has 1 fully saturated rings. The zero-order valence-corrected chi connectivity index (χ0v) is 10.7. The van der Waals surface area contributed by atoms with Gasteiger partial charge in [-0.15, -0.1) is 6.42 Å². The van der Waals surface area contributed by atoms with Crippen molar-refractivity contribution in [3.63, 3.8) is 0 Å². The predicted octanol–water partition coefficient (Wildman–Crippen LogP) is -2.57. The molecule has 108 valence electrons. The third-order valence-electron chi connectivity index (χ3n) is 3.39. The predicted molar refractivity (Wildman–Crippen MR) is 68.8 cm³/mol. The Kier molecular flexibility index (Phi) is 3.54. The number of rotatable bonds is 2. The van der Waals surface area contributed by atoms with E-state index in [0.717, 1.165) is 4.57 Å². The van der Waals surface area contributed by atoms with Crippen LogP contribution in [0.5, 0.6) is 0 Å². The van der Waals surface area contributed by atoms with Crippen LogP contribution in [0.1, 0.15) is 11.9 Å². The molecule has 8 heteroatoms. The molecule has 4 atom stereocenters. The number of hydrogen-bond acceptors (Lipinski definition) is 6. The summed E-state index contributed by atoms with van der Waals surface area (Å²) in [6, 6.07) is 1.18. The molecule has 1 aliphatic heterocycles. The third-order valence-corrected chi connectivity index (χ3v) is 3.39. The highest BCUT2D eigenvalue weighted by Crippen LogP contribution is 2.35. The molecule has 1 aromatic rings. The van der Waals surface area contributed by atoms with Crippen molar-refractivity contribution in [3.8, 4) is 12.3 Å². The standard InChI is InChI=1S/C12H15N3O5/c1-3-12(13)9(18)7(5-16)20-10(12)15-6(2)4-8(17)14-11(15)19/h1,4,7,9-10,16,18H,5,13H2,2H3,(H,14,17,19)/t7?,9-,10?,12?/m0/s1. The maximum atomic E-state index is 11.9. The number of aromatic nitrogens is 2. The van der Waals surface area contributed by atoms with Crippen LogP contribution in [0.2, 0.25) is 0 Å². The van der Waals surface area contributed by atoms with Gasteiger partial charge in [-0.1, -0.05) is 5.92 Å². The van der Waals surface area contributed by atoms with E-state index in [4.69, 9.17) is 22.0 Å². The Morgan fingerprint density at radius 1 is 1.65 bits per heavy atom. The van der Waals surface area contributed by atoms with Crippen molar-refractivity contribution < 1.29 is 14.9 Å². The van der Waals surface area contributed by atoms with Crippen molar-refractivity contribution in [1.82, 2.24) is 9.55 Å². The normalized spacial score (nSPS) is 33.0. The van der Waals surface area contributed by atoms with Gasteiger partial charge in [0, 0.05) is 11.8 Å². The largest absolute Gasteiger partial charge is 0.394 e. The van der Waals surface area contributed by atoms with Gasteiger partial charge in [-0.05, 0) is 6.92 Å². The maximum Gasteiger partial charge on any atom is 0.330 e. The van der Waals surface area contributed by atoms with Crippen LogP contribution < -0.4 is 17.0 Å². The van der Waals surface area contributed by atoms with Gasteiger partial charge < -0.3 is 20.7 Å². The van der Waals surface area contributed by atoms with Crippen LogP contribution in [0.3, 0.4) is 0 Å². The Morgan fingerprint density at radius 2 is 2.30 bits per heavy atom. The summed E-state index contributed by atoms with van der Waals surface area (Å²) in [6.45, 7) is 1.00. The molecule has 1 aromatic heterocycles. The van der Waals surface area contributed by atoms with Crippen LogP contribution in [0.4, 0.5) is 0 Å². The van der Waals surface area contributed by atoms with Crippen molar-refractivity contribution in [2.75, 3.05) is 6.61 Å². The first-order valence-electron chi connectivity index (χ1n) is 5.88. The molecule has 1 aliphatic rings. The average molecular weight is 281 g/mol. The number of aromatic amines is 1. The summed E-state index contributed by atoms with van der Waals surface area (Å²) in [6.07, 6.45) is 1.80. The Bertz CT molecular complexity index is 673. The summed E-state index contributed by atoms with van der Waals surface area (Å²) in [7, 11) is 0. The molecule has 0 saturated carbocycles. The monoisotopic (exact) mass is 281 g/mol. The molecule has 0 bridgehead atoms. The van der Waals surface area contributed by atoms with E-state index in [0.29, 0.717) is 0 Å². The van der Waals surface area contributed by atoms with Gasteiger partial charge in [-0.3, -0.25) is 14.3 Å². The van der Waals surface area contributed by atoms with E-state index in [1.165, 1.54) is 13.0 Å². The molecule has 3 unspecified atom stereocenters. The first kappa shape index (κ1) is 14.5. The third kappa shape index (κ3) is 1.97. The highest BCUT2D eigenvalue weighted by molar-refractivity contribution is 5.23. The summed E-state index contributed by atoms with van der Waals surface area (Å²) >= 11 is 0. The molecule has 20 heavy (non-hydrogen) atoms. The fraction of sp³-hybridized carbons (Fsp3) is 0.500. The van der Waals surface area contributed by atoms with Crippen molar-refractivity contribution in [3.05, 3.63) is 32.6 Å². The van der Waals surface area contributed by atoms with Crippen molar-refractivity contribution in [2.24, 2.45) is 5.73 Å². The van der Waals surface area contributed by atoms with Crippen molar-refractivity contribution in [1.29, 1.82) is 0 Å². The first-order valence-corrected chi connectivity index (χ1v) is 5.88. The SMILES string of the molecule is C#CC1(N)C(n2c(C)cc(=O)[nH]c2=O)OC(CO)[C@@H]1O. The fourth-order valence-corrected chi connectivity index (χ4v) is 2.29. The number of H-pyrrole nitrogens is 1. The van der Waals surface area contributed by atoms with E-state index < -0.39 is 41.8 Å². The van der Waals surface area contributed by atoms with Crippen LogP contribution in [0.15, 0.2) is 15.7 Å². The quantitative estimate of drug-likeness (QED) is 0.441. The minimum atomic E-state index is -1.69. The van der Waals surface area contributed by atoms with E-state index in [-0.39, 0.29) is 5.69 Å². The van der Waals surface area contributed by atoms with Crippen LogP contribution in [0.25, 0.3) is 0 Å². The van der Waals surface area contributed by atoms with Crippen LogP contribution in [0, 0.1) is 19.3 Å². The number of nitrogens with one attached hydrogen (secondary N) is 1. The second-order valence-electron chi connectivity index (χ2n) is 4.68. The molecule has 0 radical (unpaired) electrons. The van der Waals surface area contributed by atoms with Gasteiger partial charge >= 0.3 is 5.69 Å². The van der Waals surface area contributed by atoms with Gasteiger partial charge in [-0.25, -0.2) is 4.79 Å². The number of aliphatic hydroxyl groups excluding tert-OH is 2. The molecule has 1 saturated heterocycles. The second kappa shape index (κ2) is 4.88. The van der Waals surface area contributed by atoms with E-state index in [9.17, 15) is 14.7 Å².